The molecule has 0 spiro atoms. The van der Waals surface area contributed by atoms with E-state index in [0.29, 0.717) is 23.7 Å². The van der Waals surface area contributed by atoms with E-state index in [4.69, 9.17) is 16.3 Å². The molecule has 1 aromatic heterocycles. The molecule has 1 fully saturated rings. The van der Waals surface area contributed by atoms with E-state index in [1.807, 2.05) is 43.3 Å². The summed E-state index contributed by atoms with van der Waals surface area (Å²) in [5, 5.41) is 13.3. The molecule has 0 saturated carbocycles. The molecule has 1 aliphatic heterocycles. The van der Waals surface area contributed by atoms with E-state index in [0.717, 1.165) is 10.8 Å². The third-order valence-electron chi connectivity index (χ3n) is 5.94. The van der Waals surface area contributed by atoms with Crippen molar-refractivity contribution in [3.8, 4) is 5.75 Å². The Bertz CT molecular complexity index is 1480. The van der Waals surface area contributed by atoms with Gasteiger partial charge in [-0.25, -0.2) is 0 Å². The Labute approximate surface area is 207 Å². The number of carbonyl (C=O) groups excluding carboxylic acids is 2. The molecular formula is C28H21ClN2O4. The Balaban J connectivity index is 1.77. The van der Waals surface area contributed by atoms with Crippen molar-refractivity contribution in [2.45, 2.75) is 13.0 Å². The molecular weight excluding hydrogens is 464 g/mol. The number of nitrogens with zero attached hydrogens (tertiary/aromatic N) is 2. The summed E-state index contributed by atoms with van der Waals surface area (Å²) in [5.74, 6) is -1.47. The highest BCUT2D eigenvalue weighted by atomic mass is 35.5. The van der Waals surface area contributed by atoms with Gasteiger partial charge in [-0.15, -0.1) is 0 Å². The number of amides is 1. The third kappa shape index (κ3) is 3.92. The lowest BCUT2D eigenvalue weighted by Gasteiger charge is -2.26. The number of rotatable bonds is 5. The standard InChI is InChI=1S/C28H21ClN2O4/c1-2-35-18-13-14-21(29)20(16-18)26(32)24-25(22-11-5-6-15-30-22)31(28(34)27(24)33)23-12-7-9-17-8-3-4-10-19(17)23/h3-16,25,32H,2H2,1H3/b26-24+. The number of aliphatic hydroxyl groups excluding tert-OH is 1. The Morgan fingerprint density at radius 2 is 1.80 bits per heavy atom. The highest BCUT2D eigenvalue weighted by Crippen LogP contribution is 2.44. The highest BCUT2D eigenvalue weighted by molar-refractivity contribution is 6.52. The summed E-state index contributed by atoms with van der Waals surface area (Å²) in [6.45, 7) is 2.26. The van der Waals surface area contributed by atoms with Crippen molar-refractivity contribution in [2.75, 3.05) is 11.5 Å². The number of aliphatic hydroxyl groups is 1. The lowest BCUT2D eigenvalue weighted by molar-refractivity contribution is -0.132. The van der Waals surface area contributed by atoms with Crippen molar-refractivity contribution in [3.63, 3.8) is 0 Å². The van der Waals surface area contributed by atoms with E-state index in [1.54, 1.807) is 48.7 Å². The Morgan fingerprint density at radius 1 is 1.03 bits per heavy atom. The van der Waals surface area contributed by atoms with E-state index in [2.05, 4.69) is 4.98 Å². The van der Waals surface area contributed by atoms with E-state index >= 15 is 0 Å². The lowest BCUT2D eigenvalue weighted by atomic mass is 9.97. The summed E-state index contributed by atoms with van der Waals surface area (Å²) in [6.07, 6.45) is 1.58. The SMILES string of the molecule is CCOc1ccc(Cl)c(/C(O)=C2\C(=O)C(=O)N(c3cccc4ccccc34)C2c2ccccn2)c1. The second-order valence-corrected chi connectivity index (χ2v) is 8.40. The number of anilines is 1. The van der Waals surface area contributed by atoms with Gasteiger partial charge >= 0.3 is 0 Å². The van der Waals surface area contributed by atoms with E-state index in [9.17, 15) is 14.7 Å². The van der Waals surface area contributed by atoms with Gasteiger partial charge in [0.1, 0.15) is 17.6 Å². The van der Waals surface area contributed by atoms with E-state index in [1.165, 1.54) is 4.90 Å². The molecule has 35 heavy (non-hydrogen) atoms. The summed E-state index contributed by atoms with van der Waals surface area (Å²) in [4.78, 5) is 32.7. The van der Waals surface area contributed by atoms with Crippen molar-refractivity contribution in [1.82, 2.24) is 4.98 Å². The van der Waals surface area contributed by atoms with Crippen molar-refractivity contribution < 1.29 is 19.4 Å². The summed E-state index contributed by atoms with van der Waals surface area (Å²) in [7, 11) is 0. The molecule has 1 atom stereocenters. The van der Waals surface area contributed by atoms with Crippen LogP contribution in [0.15, 0.2) is 90.6 Å². The minimum Gasteiger partial charge on any atom is -0.507 e. The number of aromatic nitrogens is 1. The lowest BCUT2D eigenvalue weighted by Crippen LogP contribution is -2.30. The van der Waals surface area contributed by atoms with Crippen LogP contribution in [0, 0.1) is 0 Å². The number of benzene rings is 3. The molecule has 4 aromatic rings. The number of fused-ring (bicyclic) bond motifs is 1. The Kier molecular flexibility index (Phi) is 5.97. The van der Waals surface area contributed by atoms with Crippen LogP contribution in [0.1, 0.15) is 24.2 Å². The van der Waals surface area contributed by atoms with Gasteiger partial charge in [0, 0.05) is 17.1 Å². The fourth-order valence-corrected chi connectivity index (χ4v) is 4.61. The number of Topliss-reactive ketones (excluding diaryl/α,β-unsaturated/α-hetero) is 1. The zero-order chi connectivity index (χ0) is 24.5. The summed E-state index contributed by atoms with van der Waals surface area (Å²) >= 11 is 6.40. The monoisotopic (exact) mass is 484 g/mol. The summed E-state index contributed by atoms with van der Waals surface area (Å²) in [5.41, 5.74) is 1.11. The van der Waals surface area contributed by atoms with Crippen molar-refractivity contribution >= 4 is 45.5 Å². The van der Waals surface area contributed by atoms with Gasteiger partial charge in [-0.2, -0.15) is 0 Å². The first-order valence-electron chi connectivity index (χ1n) is 11.1. The third-order valence-corrected chi connectivity index (χ3v) is 6.27. The van der Waals surface area contributed by atoms with Gasteiger partial charge in [-0.3, -0.25) is 19.5 Å². The molecule has 0 bridgehead atoms. The second kappa shape index (κ2) is 9.24. The number of hydrogen-bond donors (Lipinski definition) is 1. The molecule has 1 unspecified atom stereocenters. The van der Waals surface area contributed by atoms with Gasteiger partial charge in [0.2, 0.25) is 0 Å². The number of pyridine rings is 1. The average Bonchev–Trinajstić information content (AvgIpc) is 3.15. The first-order chi connectivity index (χ1) is 17.0. The molecule has 3 aromatic carbocycles. The molecule has 1 N–H and O–H groups in total. The topological polar surface area (TPSA) is 79.7 Å². The molecule has 6 nitrogen and oxygen atoms in total. The fourth-order valence-electron chi connectivity index (χ4n) is 4.40. The predicted molar refractivity (Wildman–Crippen MR) is 136 cm³/mol. The van der Waals surface area contributed by atoms with E-state index in [-0.39, 0.29) is 21.9 Å². The summed E-state index contributed by atoms with van der Waals surface area (Å²) < 4.78 is 5.55. The van der Waals surface area contributed by atoms with Crippen LogP contribution in [0.3, 0.4) is 0 Å². The molecule has 1 amide bonds. The van der Waals surface area contributed by atoms with Crippen molar-refractivity contribution in [1.29, 1.82) is 0 Å². The number of carbonyl (C=O) groups is 2. The number of halogens is 1. The maximum atomic E-state index is 13.5. The smallest absolute Gasteiger partial charge is 0.300 e. The van der Waals surface area contributed by atoms with Crippen LogP contribution in [0.25, 0.3) is 16.5 Å². The zero-order valence-corrected chi connectivity index (χ0v) is 19.6. The minimum atomic E-state index is -0.950. The van der Waals surface area contributed by atoms with Gasteiger partial charge in [0.05, 0.1) is 28.6 Å². The first kappa shape index (κ1) is 22.6. The van der Waals surface area contributed by atoms with E-state index < -0.39 is 17.7 Å². The molecule has 1 aliphatic rings. The van der Waals surface area contributed by atoms with Gasteiger partial charge in [-0.1, -0.05) is 54.1 Å². The van der Waals surface area contributed by atoms with Crippen molar-refractivity contribution in [3.05, 3.63) is 107 Å². The van der Waals surface area contributed by atoms with Gasteiger partial charge in [0.15, 0.2) is 0 Å². The Hall–Kier alpha value is -4.16. The molecule has 174 valence electrons. The van der Waals surface area contributed by atoms with Crippen LogP contribution >= 0.6 is 11.6 Å². The number of ether oxygens (including phenoxy) is 1. The van der Waals surface area contributed by atoms with Crippen LogP contribution in [0.5, 0.6) is 5.75 Å². The fraction of sp³-hybridized carbons (Fsp3) is 0.107. The van der Waals surface area contributed by atoms with Gasteiger partial charge in [-0.05, 0) is 48.7 Å². The molecule has 0 aliphatic carbocycles. The van der Waals surface area contributed by atoms with Crippen molar-refractivity contribution in [2.24, 2.45) is 0 Å². The minimum absolute atomic E-state index is 0.0859. The van der Waals surface area contributed by atoms with Gasteiger partial charge < -0.3 is 9.84 Å². The second-order valence-electron chi connectivity index (χ2n) is 8.00. The summed E-state index contributed by atoms with van der Waals surface area (Å²) in [6, 6.07) is 22.3. The largest absolute Gasteiger partial charge is 0.507 e. The highest BCUT2D eigenvalue weighted by Gasteiger charge is 2.48. The zero-order valence-electron chi connectivity index (χ0n) is 18.8. The Morgan fingerprint density at radius 3 is 2.57 bits per heavy atom. The molecule has 0 radical (unpaired) electrons. The maximum absolute atomic E-state index is 13.5. The average molecular weight is 485 g/mol. The van der Waals surface area contributed by atoms with Crippen LogP contribution in [-0.4, -0.2) is 28.4 Å². The van der Waals surface area contributed by atoms with Gasteiger partial charge in [0.25, 0.3) is 11.7 Å². The van der Waals surface area contributed by atoms with Crippen LogP contribution in [-0.2, 0) is 9.59 Å². The maximum Gasteiger partial charge on any atom is 0.300 e. The van der Waals surface area contributed by atoms with Crippen LogP contribution < -0.4 is 9.64 Å². The molecule has 7 heteroatoms. The predicted octanol–water partition coefficient (Wildman–Crippen LogP) is 5.91. The van der Waals surface area contributed by atoms with Crippen LogP contribution in [0.2, 0.25) is 5.02 Å². The number of ketones is 1. The van der Waals surface area contributed by atoms with Crippen LogP contribution in [0.4, 0.5) is 5.69 Å². The quantitative estimate of drug-likeness (QED) is 0.216. The molecule has 2 heterocycles. The number of hydrogen-bond acceptors (Lipinski definition) is 5. The first-order valence-corrected chi connectivity index (χ1v) is 11.5. The molecule has 1 saturated heterocycles. The normalized spacial score (nSPS) is 17.2. The molecule has 5 rings (SSSR count).